The summed E-state index contributed by atoms with van der Waals surface area (Å²) >= 11 is 1.42. The topological polar surface area (TPSA) is 74.3 Å². The average molecular weight is 387 g/mol. The standard InChI is InChI=1S/C20H26N4O2S/c1-14-8-15(2)10-16(9-14)19(26)21-11-18(25)23-20-22-17(13-27-20)12-24-6-4-3-5-7-24/h8-10,13H,3-7,11-12H2,1-2H3,(H,21,26)(H,22,23,25). The minimum atomic E-state index is -0.272. The molecule has 3 rings (SSSR count). The number of likely N-dealkylation sites (tertiary alicyclic amines) is 1. The van der Waals surface area contributed by atoms with Gasteiger partial charge >= 0.3 is 0 Å². The van der Waals surface area contributed by atoms with Crippen LogP contribution in [0.4, 0.5) is 5.13 Å². The number of aromatic nitrogens is 1. The van der Waals surface area contributed by atoms with Gasteiger partial charge in [0.2, 0.25) is 5.91 Å². The number of amides is 2. The Morgan fingerprint density at radius 2 is 1.81 bits per heavy atom. The number of nitrogens with one attached hydrogen (secondary N) is 2. The highest BCUT2D eigenvalue weighted by atomic mass is 32.1. The van der Waals surface area contributed by atoms with Crippen molar-refractivity contribution in [1.29, 1.82) is 0 Å². The molecule has 1 aromatic heterocycles. The third kappa shape index (κ3) is 5.87. The second-order valence-electron chi connectivity index (χ2n) is 7.09. The largest absolute Gasteiger partial charge is 0.343 e. The maximum Gasteiger partial charge on any atom is 0.251 e. The lowest BCUT2D eigenvalue weighted by molar-refractivity contribution is -0.115. The number of rotatable bonds is 6. The van der Waals surface area contributed by atoms with E-state index in [0.717, 1.165) is 36.5 Å². The Balaban J connectivity index is 1.47. The van der Waals surface area contributed by atoms with Crippen molar-refractivity contribution in [3.8, 4) is 0 Å². The van der Waals surface area contributed by atoms with Crippen molar-refractivity contribution in [1.82, 2.24) is 15.2 Å². The Hall–Kier alpha value is -2.25. The smallest absolute Gasteiger partial charge is 0.251 e. The van der Waals surface area contributed by atoms with Gasteiger partial charge in [0.05, 0.1) is 12.2 Å². The predicted octanol–water partition coefficient (Wildman–Crippen LogP) is 3.11. The van der Waals surface area contributed by atoms with E-state index in [9.17, 15) is 9.59 Å². The van der Waals surface area contributed by atoms with E-state index < -0.39 is 0 Å². The van der Waals surface area contributed by atoms with E-state index >= 15 is 0 Å². The predicted molar refractivity (Wildman–Crippen MR) is 108 cm³/mol. The molecule has 0 atom stereocenters. The SMILES string of the molecule is Cc1cc(C)cc(C(=O)NCC(=O)Nc2nc(CN3CCCCC3)cs2)c1. The fourth-order valence-corrected chi connectivity index (χ4v) is 4.03. The summed E-state index contributed by atoms with van der Waals surface area (Å²) in [4.78, 5) is 31.2. The molecule has 0 bridgehead atoms. The van der Waals surface area contributed by atoms with Crippen molar-refractivity contribution in [2.75, 3.05) is 25.0 Å². The number of piperidine rings is 1. The van der Waals surface area contributed by atoms with Crippen LogP contribution in [0.3, 0.4) is 0 Å². The van der Waals surface area contributed by atoms with Crippen molar-refractivity contribution in [2.24, 2.45) is 0 Å². The van der Waals surface area contributed by atoms with Crippen molar-refractivity contribution >= 4 is 28.3 Å². The molecule has 0 saturated carbocycles. The van der Waals surface area contributed by atoms with Gasteiger partial charge in [0.25, 0.3) is 5.91 Å². The molecule has 2 amide bonds. The van der Waals surface area contributed by atoms with E-state index in [4.69, 9.17) is 0 Å². The number of aryl methyl sites for hydroxylation is 2. The quantitative estimate of drug-likeness (QED) is 0.800. The molecule has 7 heteroatoms. The minimum Gasteiger partial charge on any atom is -0.343 e. The fraction of sp³-hybridized carbons (Fsp3) is 0.450. The normalized spacial score (nSPS) is 14.7. The maximum absolute atomic E-state index is 12.2. The van der Waals surface area contributed by atoms with Crippen LogP contribution in [-0.2, 0) is 11.3 Å². The van der Waals surface area contributed by atoms with Crippen LogP contribution in [-0.4, -0.2) is 41.3 Å². The molecule has 0 aliphatic carbocycles. The highest BCUT2D eigenvalue weighted by Crippen LogP contribution is 2.18. The second-order valence-corrected chi connectivity index (χ2v) is 7.95. The summed E-state index contributed by atoms with van der Waals surface area (Å²) in [6, 6.07) is 5.63. The van der Waals surface area contributed by atoms with Gasteiger partial charge in [-0.1, -0.05) is 23.6 Å². The number of carbonyl (C=O) groups is 2. The molecule has 0 spiro atoms. The van der Waals surface area contributed by atoms with Crippen LogP contribution >= 0.6 is 11.3 Å². The van der Waals surface area contributed by atoms with Crippen LogP contribution < -0.4 is 10.6 Å². The van der Waals surface area contributed by atoms with Gasteiger partial charge < -0.3 is 10.6 Å². The van der Waals surface area contributed by atoms with Crippen molar-refractivity contribution in [2.45, 2.75) is 39.7 Å². The molecule has 27 heavy (non-hydrogen) atoms. The molecule has 2 N–H and O–H groups in total. The molecule has 1 aromatic carbocycles. The summed E-state index contributed by atoms with van der Waals surface area (Å²) in [7, 11) is 0. The summed E-state index contributed by atoms with van der Waals surface area (Å²) < 4.78 is 0. The lowest BCUT2D eigenvalue weighted by Gasteiger charge is -2.25. The third-order valence-electron chi connectivity index (χ3n) is 4.53. The first-order chi connectivity index (χ1) is 13.0. The zero-order chi connectivity index (χ0) is 19.2. The van der Waals surface area contributed by atoms with Crippen LogP contribution in [0.25, 0.3) is 0 Å². The van der Waals surface area contributed by atoms with E-state index in [1.807, 2.05) is 37.4 Å². The molecule has 1 aliphatic heterocycles. The lowest BCUT2D eigenvalue weighted by Crippen LogP contribution is -2.33. The number of anilines is 1. The van der Waals surface area contributed by atoms with Gasteiger partial charge in [0.15, 0.2) is 5.13 Å². The zero-order valence-electron chi connectivity index (χ0n) is 15.9. The van der Waals surface area contributed by atoms with E-state index in [1.54, 1.807) is 0 Å². The molecule has 1 saturated heterocycles. The number of thiazole rings is 1. The molecule has 1 aliphatic rings. The van der Waals surface area contributed by atoms with Gasteiger partial charge in [0.1, 0.15) is 0 Å². The zero-order valence-corrected chi connectivity index (χ0v) is 16.7. The maximum atomic E-state index is 12.2. The van der Waals surface area contributed by atoms with Gasteiger partial charge in [-0.25, -0.2) is 4.98 Å². The Labute approximate surface area is 164 Å². The molecular weight excluding hydrogens is 360 g/mol. The second kappa shape index (κ2) is 9.10. The number of nitrogens with zero attached hydrogens (tertiary/aromatic N) is 2. The molecule has 0 unspecified atom stereocenters. The number of hydrogen-bond donors (Lipinski definition) is 2. The van der Waals surface area contributed by atoms with Gasteiger partial charge in [-0.2, -0.15) is 0 Å². The van der Waals surface area contributed by atoms with Gasteiger partial charge in [-0.15, -0.1) is 11.3 Å². The van der Waals surface area contributed by atoms with E-state index in [-0.39, 0.29) is 18.4 Å². The van der Waals surface area contributed by atoms with Crippen LogP contribution in [0.2, 0.25) is 0 Å². The van der Waals surface area contributed by atoms with E-state index in [0.29, 0.717) is 10.7 Å². The third-order valence-corrected chi connectivity index (χ3v) is 5.33. The first kappa shape index (κ1) is 19.5. The Bertz CT molecular complexity index is 792. The molecular formula is C20H26N4O2S. The first-order valence-electron chi connectivity index (χ1n) is 9.33. The number of hydrogen-bond acceptors (Lipinski definition) is 5. The van der Waals surface area contributed by atoms with Crippen LogP contribution in [0, 0.1) is 13.8 Å². The summed E-state index contributed by atoms with van der Waals surface area (Å²) in [5.41, 5.74) is 3.59. The molecule has 144 valence electrons. The minimum absolute atomic E-state index is 0.0765. The van der Waals surface area contributed by atoms with Gasteiger partial charge in [-0.05, 0) is 51.9 Å². The molecule has 2 aromatic rings. The Morgan fingerprint density at radius 3 is 2.52 bits per heavy atom. The van der Waals surface area contributed by atoms with Crippen molar-refractivity contribution in [3.05, 3.63) is 46.0 Å². The van der Waals surface area contributed by atoms with Crippen molar-refractivity contribution < 1.29 is 9.59 Å². The first-order valence-corrected chi connectivity index (χ1v) is 10.2. The average Bonchev–Trinajstić information content (AvgIpc) is 3.06. The number of carbonyl (C=O) groups excluding carboxylic acids is 2. The van der Waals surface area contributed by atoms with Crippen LogP contribution in [0.5, 0.6) is 0 Å². The molecule has 1 fully saturated rings. The van der Waals surface area contributed by atoms with Crippen LogP contribution in [0.1, 0.15) is 46.4 Å². The monoisotopic (exact) mass is 386 g/mol. The van der Waals surface area contributed by atoms with Crippen molar-refractivity contribution in [3.63, 3.8) is 0 Å². The van der Waals surface area contributed by atoms with Gasteiger partial charge in [-0.3, -0.25) is 14.5 Å². The summed E-state index contributed by atoms with van der Waals surface area (Å²) in [5, 5.41) is 7.99. The summed E-state index contributed by atoms with van der Waals surface area (Å²) in [5.74, 6) is -0.520. The summed E-state index contributed by atoms with van der Waals surface area (Å²) in [6.07, 6.45) is 3.80. The van der Waals surface area contributed by atoms with E-state index in [1.165, 1.54) is 30.6 Å². The molecule has 2 heterocycles. The van der Waals surface area contributed by atoms with Gasteiger partial charge in [0, 0.05) is 17.5 Å². The van der Waals surface area contributed by atoms with E-state index in [2.05, 4.69) is 20.5 Å². The fourth-order valence-electron chi connectivity index (χ4n) is 3.32. The Morgan fingerprint density at radius 1 is 1.11 bits per heavy atom. The lowest BCUT2D eigenvalue weighted by atomic mass is 10.1. The highest BCUT2D eigenvalue weighted by molar-refractivity contribution is 7.13. The molecule has 0 radical (unpaired) electrons. The Kier molecular flexibility index (Phi) is 6.58. The van der Waals surface area contributed by atoms with Crippen LogP contribution in [0.15, 0.2) is 23.6 Å². The highest BCUT2D eigenvalue weighted by Gasteiger charge is 2.14. The molecule has 6 nitrogen and oxygen atoms in total. The number of benzene rings is 1. The summed E-state index contributed by atoms with van der Waals surface area (Å²) in [6.45, 7) is 6.87.